The number of carbonyl (C=O) groups is 1. The average Bonchev–Trinajstić information content (AvgIpc) is 2.90. The van der Waals surface area contributed by atoms with Crippen LogP contribution in [0, 0.1) is 0 Å². The van der Waals surface area contributed by atoms with Gasteiger partial charge in [-0.25, -0.2) is 0 Å². The van der Waals surface area contributed by atoms with Crippen molar-refractivity contribution in [2.45, 2.75) is 25.4 Å². The number of pyridine rings is 1. The predicted octanol–water partition coefficient (Wildman–Crippen LogP) is 3.23. The van der Waals surface area contributed by atoms with Crippen molar-refractivity contribution in [3.8, 4) is 5.75 Å². The lowest BCUT2D eigenvalue weighted by molar-refractivity contribution is 0.0598. The van der Waals surface area contributed by atoms with E-state index in [0.29, 0.717) is 18.2 Å². The molecule has 136 valence electrons. The molecule has 1 amide bonds. The van der Waals surface area contributed by atoms with E-state index in [-0.39, 0.29) is 5.91 Å². The van der Waals surface area contributed by atoms with Gasteiger partial charge in [0.15, 0.2) is 0 Å². The number of halogens is 1. The monoisotopic (exact) mass is 371 g/mol. The van der Waals surface area contributed by atoms with Crippen LogP contribution in [0.1, 0.15) is 28.8 Å². The Morgan fingerprint density at radius 3 is 2.81 bits per heavy atom. The van der Waals surface area contributed by atoms with E-state index in [9.17, 15) is 4.79 Å². The Bertz CT molecular complexity index is 776. The fourth-order valence-corrected chi connectivity index (χ4v) is 4.00. The maximum absolute atomic E-state index is 12.6. The van der Waals surface area contributed by atoms with Crippen molar-refractivity contribution in [3.05, 3.63) is 58.9 Å². The number of piperidine rings is 1. The Morgan fingerprint density at radius 2 is 2.04 bits per heavy atom. The minimum absolute atomic E-state index is 0.0767. The summed E-state index contributed by atoms with van der Waals surface area (Å²) in [7, 11) is 0. The highest BCUT2D eigenvalue weighted by Gasteiger charge is 2.29. The van der Waals surface area contributed by atoms with Crippen molar-refractivity contribution in [1.29, 1.82) is 0 Å². The second kappa shape index (κ2) is 7.64. The van der Waals surface area contributed by atoms with Crippen LogP contribution in [0.15, 0.2) is 42.7 Å². The van der Waals surface area contributed by atoms with Gasteiger partial charge in [0.2, 0.25) is 0 Å². The molecule has 0 N–H and O–H groups in total. The van der Waals surface area contributed by atoms with Gasteiger partial charge in [0.05, 0.1) is 5.56 Å². The Balaban J connectivity index is 1.39. The second-order valence-electron chi connectivity index (χ2n) is 6.84. The summed E-state index contributed by atoms with van der Waals surface area (Å²) in [5.74, 6) is 1.01. The molecule has 0 radical (unpaired) electrons. The van der Waals surface area contributed by atoms with Crippen molar-refractivity contribution in [1.82, 2.24) is 14.8 Å². The standard InChI is InChI=1S/C20H22ClN3O2/c21-17-3-4-19-16(12-17)14-24(10-11-26-19)18-5-8-23(9-6-18)20(25)15-2-1-7-22-13-15/h1-4,7,12-13,18H,5-6,8-11,14H2. The van der Waals surface area contributed by atoms with E-state index in [1.807, 2.05) is 29.2 Å². The summed E-state index contributed by atoms with van der Waals surface area (Å²) in [5, 5.41) is 0.742. The summed E-state index contributed by atoms with van der Waals surface area (Å²) in [6.45, 7) is 3.98. The third-order valence-corrected chi connectivity index (χ3v) is 5.44. The molecular weight excluding hydrogens is 350 g/mol. The summed E-state index contributed by atoms with van der Waals surface area (Å²) >= 11 is 6.15. The second-order valence-corrected chi connectivity index (χ2v) is 7.27. The van der Waals surface area contributed by atoms with Gasteiger partial charge in [-0.05, 0) is 43.2 Å². The van der Waals surface area contributed by atoms with Gasteiger partial charge < -0.3 is 9.64 Å². The van der Waals surface area contributed by atoms with Crippen molar-refractivity contribution >= 4 is 17.5 Å². The zero-order valence-electron chi connectivity index (χ0n) is 14.6. The van der Waals surface area contributed by atoms with E-state index >= 15 is 0 Å². The number of hydrogen-bond donors (Lipinski definition) is 0. The third kappa shape index (κ3) is 3.69. The minimum atomic E-state index is 0.0767. The number of fused-ring (bicyclic) bond motifs is 1. The van der Waals surface area contributed by atoms with Crippen LogP contribution >= 0.6 is 11.6 Å². The van der Waals surface area contributed by atoms with Gasteiger partial charge in [-0.2, -0.15) is 0 Å². The van der Waals surface area contributed by atoms with E-state index in [1.54, 1.807) is 18.5 Å². The number of amides is 1. The predicted molar refractivity (Wildman–Crippen MR) is 101 cm³/mol. The molecule has 1 aromatic carbocycles. The zero-order valence-corrected chi connectivity index (χ0v) is 15.4. The number of aromatic nitrogens is 1. The smallest absolute Gasteiger partial charge is 0.255 e. The summed E-state index contributed by atoms with van der Waals surface area (Å²) in [6.07, 6.45) is 5.28. The highest BCUT2D eigenvalue weighted by molar-refractivity contribution is 6.30. The summed E-state index contributed by atoms with van der Waals surface area (Å²) < 4.78 is 5.87. The van der Waals surface area contributed by atoms with Crippen LogP contribution in [-0.4, -0.2) is 53.0 Å². The van der Waals surface area contributed by atoms with E-state index in [2.05, 4.69) is 9.88 Å². The molecule has 5 nitrogen and oxygen atoms in total. The Hall–Kier alpha value is -2.11. The van der Waals surface area contributed by atoms with Gasteiger partial charge in [0, 0.05) is 55.2 Å². The van der Waals surface area contributed by atoms with Crippen LogP contribution in [0.4, 0.5) is 0 Å². The molecule has 3 heterocycles. The first-order valence-electron chi connectivity index (χ1n) is 9.05. The highest BCUT2D eigenvalue weighted by Crippen LogP contribution is 2.29. The van der Waals surface area contributed by atoms with Crippen molar-refractivity contribution in [2.24, 2.45) is 0 Å². The number of ether oxygens (including phenoxy) is 1. The van der Waals surface area contributed by atoms with Crippen molar-refractivity contribution < 1.29 is 9.53 Å². The summed E-state index contributed by atoms with van der Waals surface area (Å²) in [4.78, 5) is 21.0. The fraction of sp³-hybridized carbons (Fsp3) is 0.400. The number of benzene rings is 1. The molecular formula is C20H22ClN3O2. The topological polar surface area (TPSA) is 45.7 Å². The molecule has 26 heavy (non-hydrogen) atoms. The molecule has 0 spiro atoms. The molecule has 0 atom stereocenters. The fourth-order valence-electron chi connectivity index (χ4n) is 3.80. The Labute approximate surface area is 158 Å². The van der Waals surface area contributed by atoms with E-state index in [0.717, 1.165) is 55.4 Å². The molecule has 6 heteroatoms. The number of nitrogens with zero attached hydrogens (tertiary/aromatic N) is 3. The first-order chi connectivity index (χ1) is 12.7. The van der Waals surface area contributed by atoms with Crippen molar-refractivity contribution in [3.63, 3.8) is 0 Å². The quantitative estimate of drug-likeness (QED) is 0.813. The molecule has 0 aliphatic carbocycles. The minimum Gasteiger partial charge on any atom is -0.492 e. The molecule has 2 aliphatic rings. The third-order valence-electron chi connectivity index (χ3n) is 5.21. The van der Waals surface area contributed by atoms with Crippen LogP contribution in [0.25, 0.3) is 0 Å². The molecule has 1 saturated heterocycles. The van der Waals surface area contributed by atoms with E-state index in [4.69, 9.17) is 16.3 Å². The molecule has 1 aromatic heterocycles. The number of rotatable bonds is 2. The van der Waals surface area contributed by atoms with Gasteiger partial charge in [0.1, 0.15) is 12.4 Å². The summed E-state index contributed by atoms with van der Waals surface area (Å²) in [5.41, 5.74) is 1.81. The zero-order chi connectivity index (χ0) is 17.9. The van der Waals surface area contributed by atoms with Crippen molar-refractivity contribution in [2.75, 3.05) is 26.2 Å². The molecule has 0 unspecified atom stereocenters. The van der Waals surface area contributed by atoms with Crippen LogP contribution in [0.3, 0.4) is 0 Å². The Morgan fingerprint density at radius 1 is 1.19 bits per heavy atom. The van der Waals surface area contributed by atoms with Crippen LogP contribution in [0.5, 0.6) is 5.75 Å². The van der Waals surface area contributed by atoms with Crippen LogP contribution in [0.2, 0.25) is 5.02 Å². The molecule has 2 aliphatic heterocycles. The van der Waals surface area contributed by atoms with Crippen LogP contribution in [-0.2, 0) is 6.54 Å². The largest absolute Gasteiger partial charge is 0.492 e. The first kappa shape index (κ1) is 17.3. The number of likely N-dealkylation sites (tertiary alicyclic amines) is 1. The van der Waals surface area contributed by atoms with Gasteiger partial charge in [-0.15, -0.1) is 0 Å². The number of hydrogen-bond acceptors (Lipinski definition) is 4. The average molecular weight is 372 g/mol. The van der Waals surface area contributed by atoms with Gasteiger partial charge in [-0.1, -0.05) is 11.6 Å². The molecule has 4 rings (SSSR count). The molecule has 1 fully saturated rings. The number of carbonyl (C=O) groups excluding carboxylic acids is 1. The lowest BCUT2D eigenvalue weighted by atomic mass is 10.0. The highest BCUT2D eigenvalue weighted by atomic mass is 35.5. The van der Waals surface area contributed by atoms with Gasteiger partial charge in [0.25, 0.3) is 5.91 Å². The maximum atomic E-state index is 12.6. The van der Waals surface area contributed by atoms with E-state index in [1.165, 1.54) is 0 Å². The normalized spacial score (nSPS) is 18.7. The molecule has 0 bridgehead atoms. The SMILES string of the molecule is O=C(c1cccnc1)N1CCC(N2CCOc3ccc(Cl)cc3C2)CC1. The van der Waals surface area contributed by atoms with Gasteiger partial charge >= 0.3 is 0 Å². The Kier molecular flexibility index (Phi) is 5.09. The first-order valence-corrected chi connectivity index (χ1v) is 9.43. The maximum Gasteiger partial charge on any atom is 0.255 e. The van der Waals surface area contributed by atoms with Crippen LogP contribution < -0.4 is 4.74 Å². The summed E-state index contributed by atoms with van der Waals surface area (Å²) in [6, 6.07) is 9.92. The van der Waals surface area contributed by atoms with Gasteiger partial charge in [-0.3, -0.25) is 14.7 Å². The molecule has 0 saturated carbocycles. The lowest BCUT2D eigenvalue weighted by Gasteiger charge is -2.38. The molecule has 2 aromatic rings. The lowest BCUT2D eigenvalue weighted by Crippen LogP contribution is -2.47. The van der Waals surface area contributed by atoms with E-state index < -0.39 is 0 Å².